The number of amides is 2. The van der Waals surface area contributed by atoms with Crippen LogP contribution in [0.3, 0.4) is 0 Å². The highest BCUT2D eigenvalue weighted by atomic mass is 16.2. The van der Waals surface area contributed by atoms with Crippen LogP contribution in [0.5, 0.6) is 0 Å². The first-order valence-corrected chi connectivity index (χ1v) is 10.1. The second-order valence-electron chi connectivity index (χ2n) is 7.60. The fourth-order valence-electron chi connectivity index (χ4n) is 4.13. The molecular formula is C23H29N3O2. The van der Waals surface area contributed by atoms with Gasteiger partial charge in [0.1, 0.15) is 0 Å². The molecule has 0 saturated heterocycles. The lowest BCUT2D eigenvalue weighted by Gasteiger charge is -2.37. The molecular weight excluding hydrogens is 350 g/mol. The number of benzene rings is 1. The Morgan fingerprint density at radius 1 is 1.04 bits per heavy atom. The largest absolute Gasteiger partial charge is 0.355 e. The third-order valence-corrected chi connectivity index (χ3v) is 5.65. The van der Waals surface area contributed by atoms with Gasteiger partial charge in [-0.1, -0.05) is 49.6 Å². The van der Waals surface area contributed by atoms with E-state index in [4.69, 9.17) is 0 Å². The van der Waals surface area contributed by atoms with E-state index in [2.05, 4.69) is 34.7 Å². The first kappa shape index (κ1) is 20.1. The van der Waals surface area contributed by atoms with Crippen molar-refractivity contribution in [1.29, 1.82) is 0 Å². The van der Waals surface area contributed by atoms with E-state index in [0.717, 1.165) is 42.4 Å². The van der Waals surface area contributed by atoms with E-state index >= 15 is 0 Å². The Hall–Kier alpha value is -2.69. The summed E-state index contributed by atoms with van der Waals surface area (Å²) in [6, 6.07) is 11.9. The molecule has 2 aromatic rings. The molecule has 148 valence electrons. The lowest BCUT2D eigenvalue weighted by atomic mass is 9.67. The zero-order valence-electron chi connectivity index (χ0n) is 16.5. The molecule has 3 rings (SSSR count). The van der Waals surface area contributed by atoms with E-state index in [1.54, 1.807) is 12.4 Å². The van der Waals surface area contributed by atoms with Gasteiger partial charge in [-0.2, -0.15) is 0 Å². The molecule has 0 unspecified atom stereocenters. The van der Waals surface area contributed by atoms with Crippen LogP contribution < -0.4 is 10.6 Å². The molecule has 1 aromatic carbocycles. The fraction of sp³-hybridized carbons (Fsp3) is 0.435. The molecule has 28 heavy (non-hydrogen) atoms. The Balaban J connectivity index is 1.56. The van der Waals surface area contributed by atoms with Crippen LogP contribution >= 0.6 is 0 Å². The molecule has 2 amide bonds. The molecule has 1 saturated carbocycles. The van der Waals surface area contributed by atoms with Gasteiger partial charge in [-0.3, -0.25) is 14.6 Å². The van der Waals surface area contributed by atoms with Gasteiger partial charge in [0.15, 0.2) is 0 Å². The van der Waals surface area contributed by atoms with Crippen molar-refractivity contribution >= 4 is 11.8 Å². The van der Waals surface area contributed by atoms with E-state index in [0.29, 0.717) is 13.1 Å². The molecule has 1 aliphatic rings. The van der Waals surface area contributed by atoms with Crippen LogP contribution in [0.25, 0.3) is 0 Å². The number of hydrogen-bond donors (Lipinski definition) is 2. The molecule has 1 aromatic heterocycles. The van der Waals surface area contributed by atoms with Crippen molar-refractivity contribution in [3.05, 3.63) is 65.5 Å². The lowest BCUT2D eigenvalue weighted by Crippen LogP contribution is -2.47. The van der Waals surface area contributed by atoms with Crippen molar-refractivity contribution in [3.8, 4) is 0 Å². The average molecular weight is 380 g/mol. The molecule has 2 N–H and O–H groups in total. The van der Waals surface area contributed by atoms with Gasteiger partial charge in [-0.15, -0.1) is 0 Å². The summed E-state index contributed by atoms with van der Waals surface area (Å²) in [6.45, 7) is 2.88. The van der Waals surface area contributed by atoms with E-state index in [1.165, 1.54) is 6.42 Å². The summed E-state index contributed by atoms with van der Waals surface area (Å²) in [7, 11) is 0. The number of carbonyl (C=O) groups excluding carboxylic acids is 2. The van der Waals surface area contributed by atoms with Crippen molar-refractivity contribution in [1.82, 2.24) is 15.6 Å². The Morgan fingerprint density at radius 3 is 2.54 bits per heavy atom. The number of aryl methyl sites for hydroxylation is 1. The molecule has 0 bridgehead atoms. The molecule has 0 aliphatic heterocycles. The molecule has 0 radical (unpaired) electrons. The minimum Gasteiger partial charge on any atom is -0.355 e. The molecule has 1 heterocycles. The zero-order valence-corrected chi connectivity index (χ0v) is 16.5. The Bertz CT molecular complexity index is 799. The van der Waals surface area contributed by atoms with Crippen LogP contribution in [0.2, 0.25) is 0 Å². The minimum absolute atomic E-state index is 0.0570. The average Bonchev–Trinajstić information content (AvgIpc) is 2.74. The summed E-state index contributed by atoms with van der Waals surface area (Å²) in [5, 5.41) is 5.91. The standard InChI is InChI=1S/C23H29N3O2/c1-18-8-3-4-10-20(18)23(12-5-2-6-13-23)22(28)25-15-11-21(27)26-17-19-9-7-14-24-16-19/h3-4,7-10,14,16H,2,5-6,11-13,15,17H2,1H3,(H,25,28)(H,26,27). The summed E-state index contributed by atoms with van der Waals surface area (Å²) in [5.74, 6) is -0.0145. The van der Waals surface area contributed by atoms with Crippen LogP contribution in [-0.4, -0.2) is 23.3 Å². The van der Waals surface area contributed by atoms with Gasteiger partial charge in [0, 0.05) is 31.9 Å². The van der Waals surface area contributed by atoms with Crippen molar-refractivity contribution in [2.75, 3.05) is 6.54 Å². The summed E-state index contributed by atoms with van der Waals surface area (Å²) >= 11 is 0. The Morgan fingerprint density at radius 2 is 1.82 bits per heavy atom. The van der Waals surface area contributed by atoms with Gasteiger partial charge in [0.25, 0.3) is 0 Å². The molecule has 1 aliphatic carbocycles. The second kappa shape index (κ2) is 9.49. The first-order chi connectivity index (χ1) is 13.6. The van der Waals surface area contributed by atoms with E-state index in [1.807, 2.05) is 24.3 Å². The molecule has 0 spiro atoms. The number of carbonyl (C=O) groups is 2. The number of nitrogens with zero attached hydrogens (tertiary/aromatic N) is 1. The minimum atomic E-state index is -0.463. The summed E-state index contributed by atoms with van der Waals surface area (Å²) in [4.78, 5) is 29.3. The monoisotopic (exact) mass is 379 g/mol. The van der Waals surface area contributed by atoms with Crippen molar-refractivity contribution < 1.29 is 9.59 Å². The highest BCUT2D eigenvalue weighted by molar-refractivity contribution is 5.89. The van der Waals surface area contributed by atoms with Crippen LogP contribution in [0.4, 0.5) is 0 Å². The van der Waals surface area contributed by atoms with Crippen LogP contribution in [0.1, 0.15) is 55.2 Å². The van der Waals surface area contributed by atoms with E-state index in [9.17, 15) is 9.59 Å². The number of nitrogens with one attached hydrogen (secondary N) is 2. The lowest BCUT2D eigenvalue weighted by molar-refractivity contribution is -0.128. The maximum atomic E-state index is 13.2. The SMILES string of the molecule is Cc1ccccc1C1(C(=O)NCCC(=O)NCc2cccnc2)CCCCC1. The van der Waals surface area contributed by atoms with Crippen molar-refractivity contribution in [2.45, 2.75) is 57.4 Å². The molecule has 1 fully saturated rings. The van der Waals surface area contributed by atoms with Crippen molar-refractivity contribution in [3.63, 3.8) is 0 Å². The Labute approximate surface area is 167 Å². The highest BCUT2D eigenvalue weighted by Crippen LogP contribution is 2.41. The normalized spacial score (nSPS) is 15.6. The number of aromatic nitrogens is 1. The third kappa shape index (κ3) is 4.77. The van der Waals surface area contributed by atoms with E-state index < -0.39 is 5.41 Å². The predicted octanol–water partition coefficient (Wildman–Crippen LogP) is 3.41. The van der Waals surface area contributed by atoms with Crippen LogP contribution in [0.15, 0.2) is 48.8 Å². The van der Waals surface area contributed by atoms with E-state index in [-0.39, 0.29) is 18.2 Å². The topological polar surface area (TPSA) is 71.1 Å². The van der Waals surface area contributed by atoms with Gasteiger partial charge >= 0.3 is 0 Å². The molecule has 0 atom stereocenters. The number of hydrogen-bond acceptors (Lipinski definition) is 3. The Kier molecular flexibility index (Phi) is 6.80. The fourth-order valence-corrected chi connectivity index (χ4v) is 4.13. The zero-order chi connectivity index (χ0) is 19.8. The molecule has 5 heteroatoms. The maximum Gasteiger partial charge on any atom is 0.230 e. The summed E-state index contributed by atoms with van der Waals surface area (Å²) in [6.07, 6.45) is 8.76. The van der Waals surface area contributed by atoms with Crippen molar-refractivity contribution in [2.24, 2.45) is 0 Å². The number of pyridine rings is 1. The second-order valence-corrected chi connectivity index (χ2v) is 7.60. The number of rotatable bonds is 7. The summed E-state index contributed by atoms with van der Waals surface area (Å²) in [5.41, 5.74) is 2.79. The van der Waals surface area contributed by atoms with Gasteiger partial charge in [-0.25, -0.2) is 0 Å². The van der Waals surface area contributed by atoms with Gasteiger partial charge < -0.3 is 10.6 Å². The quantitative estimate of drug-likeness (QED) is 0.774. The van der Waals surface area contributed by atoms with Gasteiger partial charge in [0.05, 0.1) is 5.41 Å². The summed E-state index contributed by atoms with van der Waals surface area (Å²) < 4.78 is 0. The van der Waals surface area contributed by atoms with Gasteiger partial charge in [0.2, 0.25) is 11.8 Å². The first-order valence-electron chi connectivity index (χ1n) is 10.1. The predicted molar refractivity (Wildman–Crippen MR) is 110 cm³/mol. The smallest absolute Gasteiger partial charge is 0.230 e. The van der Waals surface area contributed by atoms with Gasteiger partial charge in [-0.05, 0) is 42.5 Å². The molecule has 5 nitrogen and oxygen atoms in total. The third-order valence-electron chi connectivity index (χ3n) is 5.65. The van der Waals surface area contributed by atoms with Crippen LogP contribution in [-0.2, 0) is 21.5 Å². The maximum absolute atomic E-state index is 13.2. The van der Waals surface area contributed by atoms with Crippen LogP contribution in [0, 0.1) is 6.92 Å². The highest BCUT2D eigenvalue weighted by Gasteiger charge is 2.41.